The van der Waals surface area contributed by atoms with Crippen LogP contribution in [-0.4, -0.2) is 20.6 Å². The van der Waals surface area contributed by atoms with Crippen LogP contribution in [0.4, 0.5) is 5.69 Å². The summed E-state index contributed by atoms with van der Waals surface area (Å²) < 4.78 is 31.1. The van der Waals surface area contributed by atoms with Crippen molar-refractivity contribution in [2.45, 2.75) is 16.7 Å². The van der Waals surface area contributed by atoms with E-state index in [2.05, 4.69) is 15.2 Å². The largest absolute Gasteiger partial charge is 0.436 e. The van der Waals surface area contributed by atoms with Gasteiger partial charge in [-0.2, -0.15) is 13.2 Å². The fourth-order valence-electron chi connectivity index (χ4n) is 3.09. The molecule has 0 spiro atoms. The fraction of sp³-hybridized carbons (Fsp3) is 0.0833. The molecule has 0 radical (unpaired) electrons. The second-order valence-corrected chi connectivity index (χ2v) is 9.75. The number of rotatable bonds is 6. The maximum absolute atomic E-state index is 13.1. The Morgan fingerprint density at radius 2 is 1.73 bits per heavy atom. The second-order valence-electron chi connectivity index (χ2n) is 7.21. The molecule has 4 aromatic rings. The van der Waals surface area contributed by atoms with Gasteiger partial charge in [0.15, 0.2) is 0 Å². The number of carbonyl (C=O) groups is 1. The standard InChI is InChI=1S/C24H21N3O4S2/c1-16-10-12-20(13-11-16)33(29,30)27-26-24-21(14-17-6-3-4-9-22(17)31-24)23(28)25-18-7-5-8-19(15-18)32-2/h3-15,27H,1-2H3,(H,25,28). The number of thioether (sulfide) groups is 1. The summed E-state index contributed by atoms with van der Waals surface area (Å²) >= 11 is 1.56. The lowest BCUT2D eigenvalue weighted by Gasteiger charge is -2.08. The molecule has 1 heterocycles. The molecule has 168 valence electrons. The van der Waals surface area contributed by atoms with E-state index in [9.17, 15) is 13.2 Å². The van der Waals surface area contributed by atoms with Crippen LogP contribution in [0, 0.1) is 6.92 Å². The van der Waals surface area contributed by atoms with Crippen LogP contribution < -0.4 is 15.7 Å². The van der Waals surface area contributed by atoms with E-state index in [-0.39, 0.29) is 16.0 Å². The quantitative estimate of drug-likeness (QED) is 0.313. The molecule has 4 rings (SSSR count). The molecule has 7 nitrogen and oxygen atoms in total. The molecule has 1 aromatic heterocycles. The average molecular weight is 480 g/mol. The lowest BCUT2D eigenvalue weighted by atomic mass is 10.1. The van der Waals surface area contributed by atoms with Gasteiger partial charge in [-0.3, -0.25) is 4.79 Å². The summed E-state index contributed by atoms with van der Waals surface area (Å²) in [5.41, 5.74) is 1.94. The predicted molar refractivity (Wildman–Crippen MR) is 129 cm³/mol. The van der Waals surface area contributed by atoms with E-state index in [4.69, 9.17) is 4.42 Å². The van der Waals surface area contributed by atoms with Crippen molar-refractivity contribution in [2.75, 3.05) is 11.6 Å². The van der Waals surface area contributed by atoms with E-state index in [1.54, 1.807) is 54.2 Å². The monoisotopic (exact) mass is 479 g/mol. The molecule has 0 saturated carbocycles. The molecule has 2 N–H and O–H groups in total. The number of aryl methyl sites for hydroxylation is 1. The van der Waals surface area contributed by atoms with Gasteiger partial charge in [-0.1, -0.05) is 42.0 Å². The Hall–Kier alpha value is -3.56. The lowest BCUT2D eigenvalue weighted by Crippen LogP contribution is -2.27. The Morgan fingerprint density at radius 3 is 2.48 bits per heavy atom. The maximum atomic E-state index is 13.1. The van der Waals surface area contributed by atoms with Crippen molar-refractivity contribution < 1.29 is 17.6 Å². The van der Waals surface area contributed by atoms with Gasteiger partial charge in [-0.25, -0.2) is 0 Å². The summed E-state index contributed by atoms with van der Waals surface area (Å²) in [6.45, 7) is 1.86. The van der Waals surface area contributed by atoms with Gasteiger partial charge in [0.2, 0.25) is 5.55 Å². The number of amides is 1. The molecule has 0 atom stereocenters. The van der Waals surface area contributed by atoms with Gasteiger partial charge >= 0.3 is 0 Å². The van der Waals surface area contributed by atoms with Gasteiger partial charge in [-0.05, 0) is 55.6 Å². The highest BCUT2D eigenvalue weighted by Gasteiger charge is 2.16. The Kier molecular flexibility index (Phi) is 6.52. The highest BCUT2D eigenvalue weighted by atomic mass is 32.2. The van der Waals surface area contributed by atoms with Crippen molar-refractivity contribution in [3.63, 3.8) is 0 Å². The normalized spacial score (nSPS) is 12.0. The van der Waals surface area contributed by atoms with E-state index in [0.29, 0.717) is 16.7 Å². The summed E-state index contributed by atoms with van der Waals surface area (Å²) in [5, 5.41) is 7.46. The fourth-order valence-corrected chi connectivity index (χ4v) is 4.35. The topological polar surface area (TPSA) is 101 Å². The summed E-state index contributed by atoms with van der Waals surface area (Å²) in [4.78, 5) is 16.3. The first-order valence-corrected chi connectivity index (χ1v) is 12.7. The number of nitrogens with zero attached hydrogens (tertiary/aromatic N) is 1. The number of para-hydroxylation sites is 1. The Labute approximate surface area is 195 Å². The molecule has 0 aliphatic rings. The van der Waals surface area contributed by atoms with Crippen molar-refractivity contribution in [1.82, 2.24) is 4.83 Å². The third-order valence-electron chi connectivity index (χ3n) is 4.83. The number of benzene rings is 3. The van der Waals surface area contributed by atoms with Gasteiger partial charge in [0, 0.05) is 16.0 Å². The summed E-state index contributed by atoms with van der Waals surface area (Å²) in [6.07, 6.45) is 1.94. The number of fused-ring (bicyclic) bond motifs is 1. The zero-order valence-electron chi connectivity index (χ0n) is 17.9. The highest BCUT2D eigenvalue weighted by Crippen LogP contribution is 2.20. The summed E-state index contributed by atoms with van der Waals surface area (Å²) in [6, 6.07) is 22.5. The Bertz CT molecular complexity index is 1490. The lowest BCUT2D eigenvalue weighted by molar-refractivity contribution is 0.102. The van der Waals surface area contributed by atoms with E-state index < -0.39 is 15.9 Å². The first-order chi connectivity index (χ1) is 15.9. The second kappa shape index (κ2) is 9.51. The molecule has 0 aliphatic heterocycles. The van der Waals surface area contributed by atoms with E-state index in [1.165, 1.54) is 12.1 Å². The molecule has 9 heteroatoms. The van der Waals surface area contributed by atoms with Crippen molar-refractivity contribution in [3.05, 3.63) is 95.5 Å². The van der Waals surface area contributed by atoms with Gasteiger partial charge in [0.1, 0.15) is 11.1 Å². The molecule has 1 amide bonds. The zero-order valence-corrected chi connectivity index (χ0v) is 19.5. The van der Waals surface area contributed by atoms with Gasteiger partial charge in [0.25, 0.3) is 15.9 Å². The number of anilines is 1. The molecular weight excluding hydrogens is 458 g/mol. The Morgan fingerprint density at radius 1 is 0.970 bits per heavy atom. The first-order valence-electron chi connectivity index (χ1n) is 9.96. The smallest absolute Gasteiger partial charge is 0.276 e. The average Bonchev–Trinajstić information content (AvgIpc) is 2.82. The number of hydrogen-bond donors (Lipinski definition) is 2. The zero-order chi connectivity index (χ0) is 23.4. The third-order valence-corrected chi connectivity index (χ3v) is 6.78. The minimum absolute atomic E-state index is 0.0533. The minimum Gasteiger partial charge on any atom is -0.436 e. The van der Waals surface area contributed by atoms with Gasteiger partial charge in [0.05, 0.1) is 4.90 Å². The maximum Gasteiger partial charge on any atom is 0.276 e. The first kappa shape index (κ1) is 22.6. The highest BCUT2D eigenvalue weighted by molar-refractivity contribution is 7.98. The van der Waals surface area contributed by atoms with Crippen LogP contribution in [-0.2, 0) is 10.0 Å². The van der Waals surface area contributed by atoms with Crippen molar-refractivity contribution >= 4 is 44.3 Å². The van der Waals surface area contributed by atoms with Crippen LogP contribution in [0.2, 0.25) is 0 Å². The summed E-state index contributed by atoms with van der Waals surface area (Å²) in [5.74, 6) is -0.476. The van der Waals surface area contributed by atoms with Crippen LogP contribution in [0.3, 0.4) is 0 Å². The van der Waals surface area contributed by atoms with Crippen LogP contribution in [0.25, 0.3) is 11.0 Å². The van der Waals surface area contributed by atoms with Crippen molar-refractivity contribution in [2.24, 2.45) is 5.10 Å². The molecule has 0 fully saturated rings. The number of sulfonamides is 1. The van der Waals surface area contributed by atoms with Crippen LogP contribution in [0.15, 0.2) is 98.2 Å². The van der Waals surface area contributed by atoms with Gasteiger partial charge < -0.3 is 9.73 Å². The van der Waals surface area contributed by atoms with Crippen LogP contribution in [0.5, 0.6) is 0 Å². The number of hydrogen-bond acceptors (Lipinski definition) is 6. The van der Waals surface area contributed by atoms with Crippen LogP contribution >= 0.6 is 11.8 Å². The SMILES string of the molecule is CSc1cccc(NC(=O)c2cc3ccccc3oc2=NNS(=O)(=O)c2ccc(C)cc2)c1. The third kappa shape index (κ3) is 5.27. The summed E-state index contributed by atoms with van der Waals surface area (Å²) in [7, 11) is -3.95. The predicted octanol–water partition coefficient (Wildman–Crippen LogP) is 4.51. The van der Waals surface area contributed by atoms with Crippen molar-refractivity contribution in [1.29, 1.82) is 0 Å². The molecule has 0 aliphatic carbocycles. The molecule has 33 heavy (non-hydrogen) atoms. The van der Waals surface area contributed by atoms with Gasteiger partial charge in [-0.15, -0.1) is 16.9 Å². The van der Waals surface area contributed by atoms with E-state index in [1.807, 2.05) is 37.4 Å². The van der Waals surface area contributed by atoms with E-state index >= 15 is 0 Å². The molecular formula is C24H21N3O4S2. The molecule has 0 saturated heterocycles. The number of carbonyl (C=O) groups excluding carboxylic acids is 1. The molecule has 0 bridgehead atoms. The number of nitrogens with one attached hydrogen (secondary N) is 2. The minimum atomic E-state index is -3.95. The van der Waals surface area contributed by atoms with Crippen molar-refractivity contribution in [3.8, 4) is 0 Å². The molecule has 3 aromatic carbocycles. The van der Waals surface area contributed by atoms with Crippen LogP contribution in [0.1, 0.15) is 15.9 Å². The van der Waals surface area contributed by atoms with E-state index in [0.717, 1.165) is 10.5 Å². The molecule has 0 unspecified atom stereocenters. The Balaban J connectivity index is 1.74.